The van der Waals surface area contributed by atoms with Gasteiger partial charge in [-0.3, -0.25) is 0 Å². The fourth-order valence-corrected chi connectivity index (χ4v) is 3.78. The number of hydrogen-bond acceptors (Lipinski definition) is 3. The first-order chi connectivity index (χ1) is 9.13. The van der Waals surface area contributed by atoms with E-state index in [9.17, 15) is 13.7 Å². The highest BCUT2D eigenvalue weighted by molar-refractivity contribution is 7.91. The molecule has 0 aromatic heterocycles. The number of sulfone groups is 1. The highest BCUT2D eigenvalue weighted by Gasteiger charge is 2.20. The molecule has 4 heteroatoms. The van der Waals surface area contributed by atoms with Gasteiger partial charge in [0.1, 0.15) is 0 Å². The van der Waals surface area contributed by atoms with Gasteiger partial charge in [-0.2, -0.15) is 5.26 Å². The van der Waals surface area contributed by atoms with Gasteiger partial charge >= 0.3 is 0 Å². The van der Waals surface area contributed by atoms with Crippen molar-refractivity contribution in [2.45, 2.75) is 37.0 Å². The second kappa shape index (κ2) is 6.03. The van der Waals surface area contributed by atoms with Gasteiger partial charge in [0.2, 0.25) is 0 Å². The fourth-order valence-electron chi connectivity index (χ4n) is 2.39. The molecule has 100 valence electrons. The summed E-state index contributed by atoms with van der Waals surface area (Å²) in [7, 11) is -3.40. The lowest BCUT2D eigenvalue weighted by molar-refractivity contribution is 0.589. The van der Waals surface area contributed by atoms with E-state index >= 15 is 0 Å². The maximum absolute atomic E-state index is 12.3. The molecule has 2 rings (SSSR count). The zero-order valence-electron chi connectivity index (χ0n) is 10.8. The molecule has 0 unspecified atom stereocenters. The maximum Gasteiger partial charge on any atom is 0.183 e. The molecule has 0 aliphatic heterocycles. The summed E-state index contributed by atoms with van der Waals surface area (Å²) >= 11 is 0. The van der Waals surface area contributed by atoms with Crippen LogP contribution in [-0.2, 0) is 9.84 Å². The van der Waals surface area contributed by atoms with Crippen molar-refractivity contribution in [1.29, 1.82) is 5.26 Å². The van der Waals surface area contributed by atoms with Crippen LogP contribution in [0.25, 0.3) is 0 Å². The Bertz CT molecular complexity index is 601. The SMILES string of the molecule is N#CC(CS(=O)(=O)c1ccccc1)=C1CCCCC1. The number of allylic oxidation sites excluding steroid dienone is 1. The van der Waals surface area contributed by atoms with Gasteiger partial charge in [-0.05, 0) is 37.8 Å². The van der Waals surface area contributed by atoms with Crippen LogP contribution in [-0.4, -0.2) is 14.2 Å². The van der Waals surface area contributed by atoms with Gasteiger partial charge in [0.15, 0.2) is 9.84 Å². The quantitative estimate of drug-likeness (QED) is 0.796. The van der Waals surface area contributed by atoms with Crippen LogP contribution < -0.4 is 0 Å². The second-order valence-corrected chi connectivity index (χ2v) is 6.82. The zero-order chi connectivity index (χ0) is 13.7. The van der Waals surface area contributed by atoms with E-state index in [1.807, 2.05) is 0 Å². The molecule has 0 heterocycles. The highest BCUT2D eigenvalue weighted by Crippen LogP contribution is 2.27. The van der Waals surface area contributed by atoms with Crippen molar-refractivity contribution in [2.75, 3.05) is 5.75 Å². The van der Waals surface area contributed by atoms with E-state index in [4.69, 9.17) is 0 Å². The summed E-state index contributed by atoms with van der Waals surface area (Å²) in [6.45, 7) is 0. The van der Waals surface area contributed by atoms with Crippen molar-refractivity contribution in [2.24, 2.45) is 0 Å². The Morgan fingerprint density at radius 2 is 1.74 bits per heavy atom. The van der Waals surface area contributed by atoms with Crippen molar-refractivity contribution in [3.05, 3.63) is 41.5 Å². The van der Waals surface area contributed by atoms with Crippen LogP contribution in [0.3, 0.4) is 0 Å². The molecule has 1 aliphatic rings. The normalized spacial score (nSPS) is 15.8. The van der Waals surface area contributed by atoms with Crippen molar-refractivity contribution in [1.82, 2.24) is 0 Å². The van der Waals surface area contributed by atoms with E-state index in [2.05, 4.69) is 6.07 Å². The lowest BCUT2D eigenvalue weighted by atomic mass is 9.92. The molecule has 0 N–H and O–H groups in total. The minimum Gasteiger partial charge on any atom is -0.223 e. The fraction of sp³-hybridized carbons (Fsp3) is 0.400. The van der Waals surface area contributed by atoms with Crippen LogP contribution in [0, 0.1) is 11.3 Å². The molecule has 1 aromatic rings. The molecule has 0 atom stereocenters. The molecule has 0 radical (unpaired) electrons. The number of benzene rings is 1. The van der Waals surface area contributed by atoms with Crippen LogP contribution in [0.1, 0.15) is 32.1 Å². The maximum atomic E-state index is 12.3. The van der Waals surface area contributed by atoms with E-state index in [1.165, 1.54) is 6.42 Å². The lowest BCUT2D eigenvalue weighted by Crippen LogP contribution is -2.11. The summed E-state index contributed by atoms with van der Waals surface area (Å²) in [5.41, 5.74) is 1.48. The summed E-state index contributed by atoms with van der Waals surface area (Å²) in [6.07, 6.45) is 5.03. The number of hydrogen-bond donors (Lipinski definition) is 0. The third-order valence-corrected chi connectivity index (χ3v) is 5.11. The molecular weight excluding hydrogens is 258 g/mol. The standard InChI is InChI=1S/C15H17NO2S/c16-11-14(13-7-3-1-4-8-13)12-19(17,18)15-9-5-2-6-10-15/h2,5-6,9-10H,1,3-4,7-8,12H2. The van der Waals surface area contributed by atoms with Crippen LogP contribution in [0.2, 0.25) is 0 Å². The molecule has 1 saturated carbocycles. The Hall–Kier alpha value is -1.60. The first-order valence-corrected chi connectivity index (χ1v) is 8.17. The molecule has 0 saturated heterocycles. The third-order valence-electron chi connectivity index (χ3n) is 3.46. The Labute approximate surface area is 114 Å². The molecule has 1 aliphatic carbocycles. The van der Waals surface area contributed by atoms with E-state index in [1.54, 1.807) is 30.3 Å². The first-order valence-electron chi connectivity index (χ1n) is 6.52. The predicted octanol–water partition coefficient (Wildman–Crippen LogP) is 3.24. The van der Waals surface area contributed by atoms with Gasteiger partial charge in [-0.1, -0.05) is 30.2 Å². The van der Waals surface area contributed by atoms with E-state index in [-0.39, 0.29) is 5.75 Å². The van der Waals surface area contributed by atoms with E-state index in [0.717, 1.165) is 31.3 Å². The molecule has 0 spiro atoms. The van der Waals surface area contributed by atoms with Crippen LogP contribution in [0.5, 0.6) is 0 Å². The molecular formula is C15H17NO2S. The Balaban J connectivity index is 2.26. The van der Waals surface area contributed by atoms with Crippen LogP contribution >= 0.6 is 0 Å². The van der Waals surface area contributed by atoms with Crippen molar-refractivity contribution in [3.8, 4) is 6.07 Å². The second-order valence-electron chi connectivity index (χ2n) is 4.83. The van der Waals surface area contributed by atoms with Crippen molar-refractivity contribution in [3.63, 3.8) is 0 Å². The molecule has 0 amide bonds. The van der Waals surface area contributed by atoms with Gasteiger partial charge in [-0.15, -0.1) is 0 Å². The van der Waals surface area contributed by atoms with Gasteiger partial charge < -0.3 is 0 Å². The van der Waals surface area contributed by atoms with Crippen LogP contribution in [0.15, 0.2) is 46.4 Å². The van der Waals surface area contributed by atoms with Crippen molar-refractivity contribution >= 4 is 9.84 Å². The summed E-state index contributed by atoms with van der Waals surface area (Å²) in [6, 6.07) is 10.4. The van der Waals surface area contributed by atoms with Gasteiger partial charge in [0.25, 0.3) is 0 Å². The monoisotopic (exact) mass is 275 g/mol. The summed E-state index contributed by atoms with van der Waals surface area (Å²) < 4.78 is 24.5. The third kappa shape index (κ3) is 3.45. The molecule has 0 bridgehead atoms. The lowest BCUT2D eigenvalue weighted by Gasteiger charge is -2.15. The molecule has 1 aromatic carbocycles. The minimum atomic E-state index is -3.40. The Morgan fingerprint density at radius 3 is 2.32 bits per heavy atom. The van der Waals surface area contributed by atoms with E-state index in [0.29, 0.717) is 10.5 Å². The number of rotatable bonds is 3. The Morgan fingerprint density at radius 1 is 1.11 bits per heavy atom. The topological polar surface area (TPSA) is 57.9 Å². The molecule has 3 nitrogen and oxygen atoms in total. The summed E-state index contributed by atoms with van der Waals surface area (Å²) in [5, 5.41) is 9.22. The van der Waals surface area contributed by atoms with E-state index < -0.39 is 9.84 Å². The van der Waals surface area contributed by atoms with Gasteiger partial charge in [0, 0.05) is 5.57 Å². The van der Waals surface area contributed by atoms with Gasteiger partial charge in [0.05, 0.1) is 16.7 Å². The molecule has 1 fully saturated rings. The zero-order valence-corrected chi connectivity index (χ0v) is 11.6. The number of nitrogens with zero attached hydrogens (tertiary/aromatic N) is 1. The smallest absolute Gasteiger partial charge is 0.183 e. The first kappa shape index (κ1) is 13.8. The number of nitriles is 1. The van der Waals surface area contributed by atoms with Crippen molar-refractivity contribution < 1.29 is 8.42 Å². The average Bonchev–Trinajstić information content (AvgIpc) is 2.47. The minimum absolute atomic E-state index is 0.164. The van der Waals surface area contributed by atoms with Gasteiger partial charge in [-0.25, -0.2) is 8.42 Å². The molecule has 19 heavy (non-hydrogen) atoms. The highest BCUT2D eigenvalue weighted by atomic mass is 32.2. The predicted molar refractivity (Wildman–Crippen MR) is 74.2 cm³/mol. The summed E-state index contributed by atoms with van der Waals surface area (Å²) in [4.78, 5) is 0.291. The summed E-state index contributed by atoms with van der Waals surface area (Å²) in [5.74, 6) is -0.164. The Kier molecular flexibility index (Phi) is 4.39. The van der Waals surface area contributed by atoms with Crippen LogP contribution in [0.4, 0.5) is 0 Å². The average molecular weight is 275 g/mol. The largest absolute Gasteiger partial charge is 0.223 e.